The molecule has 1 amide bonds. The average Bonchev–Trinajstić information content (AvgIpc) is 3.20. The summed E-state index contributed by atoms with van der Waals surface area (Å²) in [6.07, 6.45) is 4.27. The molecule has 4 atom stereocenters. The number of carboxylic acid groups (broad SMARTS) is 1. The van der Waals surface area contributed by atoms with Crippen molar-refractivity contribution in [1.82, 2.24) is 0 Å². The van der Waals surface area contributed by atoms with E-state index < -0.39 is 17.8 Å². The van der Waals surface area contributed by atoms with Gasteiger partial charge >= 0.3 is 5.97 Å². The number of hydrogen-bond donors (Lipinski definition) is 2. The molecule has 4 rings (SSSR count). The van der Waals surface area contributed by atoms with Gasteiger partial charge in [0.25, 0.3) is 0 Å². The Morgan fingerprint density at radius 3 is 2.59 bits per heavy atom. The van der Waals surface area contributed by atoms with Gasteiger partial charge in [-0.05, 0) is 55.4 Å². The van der Waals surface area contributed by atoms with Crippen LogP contribution in [0.2, 0.25) is 0 Å². The van der Waals surface area contributed by atoms with Gasteiger partial charge in [-0.3, -0.25) is 9.59 Å². The molecule has 0 radical (unpaired) electrons. The highest BCUT2D eigenvalue weighted by Crippen LogP contribution is 2.44. The molecule has 2 aliphatic heterocycles. The molecule has 0 aromatic heterocycles. The molecule has 116 valence electrons. The predicted octanol–water partition coefficient (Wildman–Crippen LogP) is 1.99. The van der Waals surface area contributed by atoms with Crippen LogP contribution in [0.4, 0.5) is 5.69 Å². The van der Waals surface area contributed by atoms with E-state index in [1.54, 1.807) is 0 Å². The number of rotatable bonds is 3. The zero-order valence-corrected chi connectivity index (χ0v) is 12.2. The molecule has 5 heteroatoms. The molecule has 22 heavy (non-hydrogen) atoms. The zero-order valence-electron chi connectivity index (χ0n) is 12.2. The van der Waals surface area contributed by atoms with E-state index in [2.05, 4.69) is 11.4 Å². The highest BCUT2D eigenvalue weighted by atomic mass is 16.5. The predicted molar refractivity (Wildman–Crippen MR) is 79.6 cm³/mol. The lowest BCUT2D eigenvalue weighted by molar-refractivity contribution is -0.147. The van der Waals surface area contributed by atoms with Gasteiger partial charge in [-0.1, -0.05) is 6.07 Å². The van der Waals surface area contributed by atoms with E-state index in [0.29, 0.717) is 0 Å². The lowest BCUT2D eigenvalue weighted by Crippen LogP contribution is -2.40. The van der Waals surface area contributed by atoms with Crippen LogP contribution in [0.3, 0.4) is 0 Å². The Labute approximate surface area is 128 Å². The van der Waals surface area contributed by atoms with Crippen LogP contribution in [0.15, 0.2) is 18.2 Å². The minimum Gasteiger partial charge on any atom is -0.481 e. The van der Waals surface area contributed by atoms with Crippen molar-refractivity contribution in [2.75, 3.05) is 5.32 Å². The number of aliphatic carboxylic acids is 1. The van der Waals surface area contributed by atoms with Gasteiger partial charge < -0.3 is 15.2 Å². The van der Waals surface area contributed by atoms with E-state index in [-0.39, 0.29) is 18.1 Å². The highest BCUT2D eigenvalue weighted by Gasteiger charge is 2.55. The summed E-state index contributed by atoms with van der Waals surface area (Å²) in [5.74, 6) is -2.45. The molecule has 2 fully saturated rings. The van der Waals surface area contributed by atoms with Crippen LogP contribution in [-0.2, 0) is 27.2 Å². The van der Waals surface area contributed by atoms with Crippen LogP contribution in [0.1, 0.15) is 30.4 Å². The molecule has 2 saturated heterocycles. The van der Waals surface area contributed by atoms with Gasteiger partial charge in [0.2, 0.25) is 5.91 Å². The normalized spacial score (nSPS) is 32.0. The first-order chi connectivity index (χ1) is 10.6. The summed E-state index contributed by atoms with van der Waals surface area (Å²) in [6.45, 7) is 0. The van der Waals surface area contributed by atoms with Crippen LogP contribution in [0.25, 0.3) is 0 Å². The first kappa shape index (κ1) is 13.8. The number of carboxylic acids is 1. The fraction of sp³-hybridized carbons (Fsp3) is 0.529. The molecule has 2 bridgehead atoms. The van der Waals surface area contributed by atoms with Gasteiger partial charge in [0.15, 0.2) is 0 Å². The number of ether oxygens (including phenoxy) is 1. The molecule has 1 aliphatic carbocycles. The van der Waals surface area contributed by atoms with Crippen LogP contribution in [-0.4, -0.2) is 29.2 Å². The van der Waals surface area contributed by atoms with Crippen molar-refractivity contribution < 1.29 is 19.4 Å². The molecular formula is C17H19NO4. The van der Waals surface area contributed by atoms with Crippen molar-refractivity contribution in [3.8, 4) is 0 Å². The lowest BCUT2D eigenvalue weighted by atomic mass is 9.78. The Balaban J connectivity index is 1.53. The summed E-state index contributed by atoms with van der Waals surface area (Å²) in [6, 6.07) is 5.99. The van der Waals surface area contributed by atoms with Gasteiger partial charge in [-0.25, -0.2) is 0 Å². The maximum absolute atomic E-state index is 12.6. The third kappa shape index (κ3) is 2.11. The summed E-state index contributed by atoms with van der Waals surface area (Å²) in [4.78, 5) is 24.0. The van der Waals surface area contributed by atoms with Crippen molar-refractivity contribution in [3.63, 3.8) is 0 Å². The second-order valence-electron chi connectivity index (χ2n) is 6.51. The molecule has 4 unspecified atom stereocenters. The lowest BCUT2D eigenvalue weighted by Gasteiger charge is -2.24. The third-order valence-electron chi connectivity index (χ3n) is 5.23. The summed E-state index contributed by atoms with van der Waals surface area (Å²) >= 11 is 0. The Bertz CT molecular complexity index is 642. The molecule has 5 nitrogen and oxygen atoms in total. The number of benzene rings is 1. The van der Waals surface area contributed by atoms with Crippen LogP contribution < -0.4 is 5.32 Å². The van der Waals surface area contributed by atoms with Gasteiger partial charge in [-0.15, -0.1) is 0 Å². The number of anilines is 1. The van der Waals surface area contributed by atoms with E-state index >= 15 is 0 Å². The molecule has 1 aromatic rings. The Kier molecular flexibility index (Phi) is 3.18. The highest BCUT2D eigenvalue weighted by molar-refractivity contribution is 5.96. The topological polar surface area (TPSA) is 75.6 Å². The summed E-state index contributed by atoms with van der Waals surface area (Å²) < 4.78 is 5.65. The second kappa shape index (κ2) is 5.09. The monoisotopic (exact) mass is 301 g/mol. The Hall–Kier alpha value is -1.88. The smallest absolute Gasteiger partial charge is 0.310 e. The molecule has 0 saturated carbocycles. The Morgan fingerprint density at radius 1 is 1.09 bits per heavy atom. The van der Waals surface area contributed by atoms with Gasteiger partial charge in [0.05, 0.1) is 24.0 Å². The number of aryl methyl sites for hydroxylation is 2. The molecular weight excluding hydrogens is 282 g/mol. The minimum atomic E-state index is -0.929. The molecule has 2 heterocycles. The van der Waals surface area contributed by atoms with Gasteiger partial charge in [0.1, 0.15) is 0 Å². The number of hydrogen-bond acceptors (Lipinski definition) is 3. The summed E-state index contributed by atoms with van der Waals surface area (Å²) in [7, 11) is 0. The third-order valence-corrected chi connectivity index (χ3v) is 5.23. The molecule has 0 spiro atoms. The minimum absolute atomic E-state index is 0.224. The maximum atomic E-state index is 12.6. The van der Waals surface area contributed by atoms with Crippen molar-refractivity contribution in [3.05, 3.63) is 29.3 Å². The number of amides is 1. The first-order valence-electron chi connectivity index (χ1n) is 7.94. The fourth-order valence-electron chi connectivity index (χ4n) is 4.20. The van der Waals surface area contributed by atoms with Crippen LogP contribution in [0.5, 0.6) is 0 Å². The number of fused-ring (bicyclic) bond motifs is 3. The second-order valence-corrected chi connectivity index (χ2v) is 6.51. The van der Waals surface area contributed by atoms with E-state index in [1.807, 2.05) is 12.1 Å². The van der Waals surface area contributed by atoms with E-state index in [0.717, 1.165) is 37.8 Å². The summed E-state index contributed by atoms with van der Waals surface area (Å²) in [5.41, 5.74) is 3.40. The number of carbonyl (C=O) groups is 2. The van der Waals surface area contributed by atoms with E-state index in [4.69, 9.17) is 4.74 Å². The standard InChI is InChI=1S/C17H19NO4/c19-16(14-12-6-7-13(22-12)15(14)17(20)21)18-11-5-4-9-2-1-3-10(9)8-11/h4-5,8,12-15H,1-3,6-7H2,(H,18,19)(H,20,21). The molecule has 3 aliphatic rings. The average molecular weight is 301 g/mol. The zero-order chi connectivity index (χ0) is 15.3. The molecule has 1 aromatic carbocycles. The number of nitrogens with one attached hydrogen (secondary N) is 1. The largest absolute Gasteiger partial charge is 0.481 e. The van der Waals surface area contributed by atoms with Gasteiger partial charge in [0, 0.05) is 5.69 Å². The van der Waals surface area contributed by atoms with Crippen molar-refractivity contribution >= 4 is 17.6 Å². The van der Waals surface area contributed by atoms with E-state index in [9.17, 15) is 14.7 Å². The summed E-state index contributed by atoms with van der Waals surface area (Å²) in [5, 5.41) is 12.3. The van der Waals surface area contributed by atoms with Crippen molar-refractivity contribution in [2.24, 2.45) is 11.8 Å². The fourth-order valence-corrected chi connectivity index (χ4v) is 4.20. The Morgan fingerprint density at radius 2 is 1.82 bits per heavy atom. The van der Waals surface area contributed by atoms with Gasteiger partial charge in [-0.2, -0.15) is 0 Å². The SMILES string of the molecule is O=C(O)C1C2CCC(O2)C1C(=O)Nc1ccc2c(c1)CCC2. The number of carbonyl (C=O) groups excluding carboxylic acids is 1. The van der Waals surface area contributed by atoms with Crippen molar-refractivity contribution in [2.45, 2.75) is 44.3 Å². The molecule has 2 N–H and O–H groups in total. The van der Waals surface area contributed by atoms with Crippen LogP contribution >= 0.6 is 0 Å². The quantitative estimate of drug-likeness (QED) is 0.895. The van der Waals surface area contributed by atoms with Crippen LogP contribution in [0, 0.1) is 11.8 Å². The first-order valence-corrected chi connectivity index (χ1v) is 7.94. The maximum Gasteiger partial charge on any atom is 0.310 e. The van der Waals surface area contributed by atoms with E-state index in [1.165, 1.54) is 11.1 Å². The van der Waals surface area contributed by atoms with Crippen molar-refractivity contribution in [1.29, 1.82) is 0 Å².